The molecule has 0 atom stereocenters. The lowest BCUT2D eigenvalue weighted by Gasteiger charge is -2.34. The molecule has 2 saturated heterocycles. The molecule has 0 unspecified atom stereocenters. The second kappa shape index (κ2) is 11.4. The summed E-state index contributed by atoms with van der Waals surface area (Å²) in [5.41, 5.74) is 2.76. The van der Waals surface area contributed by atoms with Gasteiger partial charge in [-0.15, -0.1) is 0 Å². The lowest BCUT2D eigenvalue weighted by atomic mass is 10.2. The molecule has 3 amide bonds. The van der Waals surface area contributed by atoms with E-state index in [9.17, 15) is 14.4 Å². The molecule has 3 aromatic rings. The van der Waals surface area contributed by atoms with Crippen molar-refractivity contribution in [1.29, 1.82) is 0 Å². The first-order valence-electron chi connectivity index (χ1n) is 12.9. The van der Waals surface area contributed by atoms with E-state index in [1.54, 1.807) is 19.0 Å². The van der Waals surface area contributed by atoms with Crippen molar-refractivity contribution in [3.05, 3.63) is 11.6 Å². The Balaban J connectivity index is 1.16. The maximum atomic E-state index is 12.8. The van der Waals surface area contributed by atoms with E-state index in [4.69, 9.17) is 9.97 Å². The lowest BCUT2D eigenvalue weighted by Crippen LogP contribution is -2.52. The Morgan fingerprint density at radius 1 is 0.842 bits per heavy atom. The molecule has 2 aliphatic heterocycles. The number of hydrogen-bond acceptors (Lipinski definition) is 10. The minimum atomic E-state index is 0.0291. The van der Waals surface area contributed by atoms with Crippen LogP contribution in [0.5, 0.6) is 0 Å². The number of rotatable bonds is 8. The summed E-state index contributed by atoms with van der Waals surface area (Å²) in [7, 11) is 3.51. The number of anilines is 2. The highest BCUT2D eigenvalue weighted by molar-refractivity contribution is 7.24. The summed E-state index contributed by atoms with van der Waals surface area (Å²) >= 11 is 3.06. The molecule has 0 radical (unpaired) electrons. The number of carbonyl (C=O) groups excluding carboxylic acids is 3. The number of thiazole rings is 2. The fraction of sp³-hybridized carbons (Fsp3) is 0.560. The zero-order chi connectivity index (χ0) is 26.8. The highest BCUT2D eigenvalue weighted by Crippen LogP contribution is 2.37. The van der Waals surface area contributed by atoms with Gasteiger partial charge in [0.05, 0.1) is 40.1 Å². The molecule has 5 rings (SSSR count). The number of amides is 3. The minimum absolute atomic E-state index is 0.0291. The van der Waals surface area contributed by atoms with Gasteiger partial charge in [0.15, 0.2) is 10.3 Å². The lowest BCUT2D eigenvalue weighted by molar-refractivity contribution is -0.133. The largest absolute Gasteiger partial charge is 0.352 e. The van der Waals surface area contributed by atoms with Crippen LogP contribution in [0.15, 0.2) is 6.07 Å². The van der Waals surface area contributed by atoms with Crippen LogP contribution < -0.4 is 10.6 Å². The summed E-state index contributed by atoms with van der Waals surface area (Å²) in [5.74, 6) is 0.224. The third kappa shape index (κ3) is 5.84. The van der Waals surface area contributed by atoms with E-state index in [1.165, 1.54) is 22.7 Å². The van der Waals surface area contributed by atoms with Crippen LogP contribution in [-0.4, -0.2) is 120 Å². The molecule has 2 N–H and O–H groups in total. The number of aryl methyl sites for hydroxylation is 1. The minimum Gasteiger partial charge on any atom is -0.352 e. The number of nitrogens with one attached hydrogen (secondary N) is 2. The number of piperazine rings is 1. The molecule has 38 heavy (non-hydrogen) atoms. The number of aromatic nitrogens is 2. The van der Waals surface area contributed by atoms with Crippen molar-refractivity contribution < 1.29 is 14.4 Å². The highest BCUT2D eigenvalue weighted by atomic mass is 32.1. The van der Waals surface area contributed by atoms with Crippen molar-refractivity contribution in [3.8, 4) is 0 Å². The van der Waals surface area contributed by atoms with Crippen molar-refractivity contribution in [1.82, 2.24) is 29.6 Å². The zero-order valence-corrected chi connectivity index (χ0v) is 23.7. The molecule has 1 aromatic carbocycles. The van der Waals surface area contributed by atoms with Gasteiger partial charge in [0.25, 0.3) is 0 Å². The smallest absolute Gasteiger partial charge is 0.242 e. The Bertz CT molecular complexity index is 1340. The van der Waals surface area contributed by atoms with Gasteiger partial charge in [-0.2, -0.15) is 0 Å². The van der Waals surface area contributed by atoms with E-state index in [0.717, 1.165) is 57.1 Å². The molecule has 13 heteroatoms. The summed E-state index contributed by atoms with van der Waals surface area (Å²) < 4.78 is 2.08. The Morgan fingerprint density at radius 2 is 1.34 bits per heavy atom. The summed E-state index contributed by atoms with van der Waals surface area (Å²) in [4.78, 5) is 54.0. The number of benzene rings is 1. The Hall–Kier alpha value is -3.03. The Labute approximate surface area is 229 Å². The van der Waals surface area contributed by atoms with E-state index in [0.29, 0.717) is 37.9 Å². The molecular weight excluding hydrogens is 524 g/mol. The van der Waals surface area contributed by atoms with Crippen LogP contribution in [0.25, 0.3) is 20.4 Å². The van der Waals surface area contributed by atoms with E-state index < -0.39 is 0 Å². The van der Waals surface area contributed by atoms with Crippen molar-refractivity contribution in [2.24, 2.45) is 0 Å². The van der Waals surface area contributed by atoms with Crippen LogP contribution in [0.3, 0.4) is 0 Å². The summed E-state index contributed by atoms with van der Waals surface area (Å²) in [6, 6.07) is 2.09. The molecule has 0 bridgehead atoms. The molecular formula is C25H34N8O3S2. The van der Waals surface area contributed by atoms with Crippen LogP contribution in [0.1, 0.15) is 18.4 Å². The number of fused-ring (bicyclic) bond motifs is 2. The van der Waals surface area contributed by atoms with Gasteiger partial charge in [0.1, 0.15) is 0 Å². The molecule has 0 aliphatic carbocycles. The third-order valence-corrected chi connectivity index (χ3v) is 9.02. The first-order chi connectivity index (χ1) is 18.3. The number of hydrogen-bond donors (Lipinski definition) is 2. The first-order valence-corrected chi connectivity index (χ1v) is 14.6. The van der Waals surface area contributed by atoms with E-state index in [2.05, 4.69) is 21.6 Å². The van der Waals surface area contributed by atoms with Gasteiger partial charge >= 0.3 is 0 Å². The maximum Gasteiger partial charge on any atom is 0.242 e. The zero-order valence-electron chi connectivity index (χ0n) is 22.1. The molecule has 204 valence electrons. The average Bonchev–Trinajstić information content (AvgIpc) is 3.66. The topological polar surface area (TPSA) is 114 Å². The first kappa shape index (κ1) is 26.6. The van der Waals surface area contributed by atoms with Crippen LogP contribution in [0.2, 0.25) is 0 Å². The second-order valence-corrected chi connectivity index (χ2v) is 12.0. The molecule has 2 fully saturated rings. The van der Waals surface area contributed by atoms with Crippen LogP contribution in [0.4, 0.5) is 10.3 Å². The number of nitrogens with zero attached hydrogens (tertiary/aromatic N) is 6. The predicted molar refractivity (Wildman–Crippen MR) is 152 cm³/mol. The van der Waals surface area contributed by atoms with Crippen molar-refractivity contribution >= 4 is 71.1 Å². The van der Waals surface area contributed by atoms with Crippen LogP contribution in [0, 0.1) is 6.92 Å². The fourth-order valence-electron chi connectivity index (χ4n) is 4.76. The quantitative estimate of drug-likeness (QED) is 0.431. The Morgan fingerprint density at radius 3 is 1.84 bits per heavy atom. The van der Waals surface area contributed by atoms with Gasteiger partial charge in [-0.3, -0.25) is 19.3 Å². The van der Waals surface area contributed by atoms with Gasteiger partial charge in [-0.25, -0.2) is 9.97 Å². The van der Waals surface area contributed by atoms with Gasteiger partial charge in [-0.1, -0.05) is 22.7 Å². The second-order valence-electron chi connectivity index (χ2n) is 9.97. The van der Waals surface area contributed by atoms with Crippen molar-refractivity contribution in [2.45, 2.75) is 19.8 Å². The van der Waals surface area contributed by atoms with E-state index in [-0.39, 0.29) is 30.8 Å². The average molecular weight is 559 g/mol. The summed E-state index contributed by atoms with van der Waals surface area (Å²) in [6.45, 7) is 7.15. The summed E-state index contributed by atoms with van der Waals surface area (Å²) in [5, 5.41) is 7.85. The van der Waals surface area contributed by atoms with Gasteiger partial charge in [-0.05, 0) is 25.8 Å². The number of likely N-dealkylation sites (tertiary alicyclic amines) is 1. The van der Waals surface area contributed by atoms with Gasteiger partial charge < -0.3 is 25.3 Å². The third-order valence-electron chi connectivity index (χ3n) is 7.10. The van der Waals surface area contributed by atoms with Crippen LogP contribution in [-0.2, 0) is 14.4 Å². The Kier molecular flexibility index (Phi) is 7.96. The standard InChI is InChI=1S/C25H34N8O3S2/c1-16-22-17(37-24(28-22)26-13-19(34)32-6-4-5-7-32)12-18-23(16)29-25(38-18)27-14-20(35)33-10-8-31(9-11-33)15-21(36)30(2)3/h12H,4-11,13-15H2,1-3H3,(H,26,28)(H,27,29). The van der Waals surface area contributed by atoms with Gasteiger partial charge in [0, 0.05) is 58.9 Å². The highest BCUT2D eigenvalue weighted by Gasteiger charge is 2.23. The predicted octanol–water partition coefficient (Wildman–Crippen LogP) is 1.89. The monoisotopic (exact) mass is 558 g/mol. The van der Waals surface area contributed by atoms with Gasteiger partial charge in [0.2, 0.25) is 17.7 Å². The molecule has 4 heterocycles. The fourth-order valence-corrected chi connectivity index (χ4v) is 6.76. The maximum absolute atomic E-state index is 12.8. The normalized spacial score (nSPS) is 16.4. The van der Waals surface area contributed by atoms with Crippen molar-refractivity contribution in [2.75, 3.05) is 83.6 Å². The number of carbonyl (C=O) groups is 3. The molecule has 0 saturated carbocycles. The van der Waals surface area contributed by atoms with E-state index in [1.807, 2.05) is 16.7 Å². The molecule has 0 spiro atoms. The molecule has 11 nitrogen and oxygen atoms in total. The van der Waals surface area contributed by atoms with Crippen LogP contribution >= 0.6 is 22.7 Å². The SMILES string of the molecule is Cc1c2nc(NCC(=O)N3CCCC3)sc2cc2sc(NCC(=O)N3CCN(CC(=O)N(C)C)CC3)nc12. The molecule has 2 aliphatic rings. The number of likely N-dealkylation sites (N-methyl/N-ethyl adjacent to an activating group) is 1. The molecule has 2 aromatic heterocycles. The van der Waals surface area contributed by atoms with E-state index >= 15 is 0 Å². The van der Waals surface area contributed by atoms with Crippen molar-refractivity contribution in [3.63, 3.8) is 0 Å². The summed E-state index contributed by atoms with van der Waals surface area (Å²) in [6.07, 6.45) is 2.16.